The molecular formula is C16H17BrN4O3S. The zero-order valence-electron chi connectivity index (χ0n) is 13.4. The number of halogens is 1. The lowest BCUT2D eigenvalue weighted by atomic mass is 9.97. The third kappa shape index (κ3) is 4.99. The van der Waals surface area contributed by atoms with Crippen LogP contribution in [0.4, 0.5) is 5.13 Å². The van der Waals surface area contributed by atoms with Crippen LogP contribution >= 0.6 is 27.3 Å². The number of hydrogen-bond acceptors (Lipinski definition) is 6. The SMILES string of the molecule is O=C(Nc1nncs1)[C@@H]1CCCN(C(=O)COc2cccc(Br)c2)C1. The molecule has 0 radical (unpaired) electrons. The molecule has 2 amide bonds. The first-order valence-corrected chi connectivity index (χ1v) is 9.52. The molecule has 1 saturated heterocycles. The van der Waals surface area contributed by atoms with Crippen LogP contribution in [0.5, 0.6) is 5.75 Å². The van der Waals surface area contributed by atoms with Crippen LogP contribution in [0, 0.1) is 5.92 Å². The number of ether oxygens (including phenoxy) is 1. The molecule has 0 unspecified atom stereocenters. The Morgan fingerprint density at radius 2 is 2.32 bits per heavy atom. The second-order valence-corrected chi connectivity index (χ2v) is 7.41. The van der Waals surface area contributed by atoms with E-state index in [4.69, 9.17) is 4.74 Å². The molecule has 1 aliphatic heterocycles. The molecule has 0 aliphatic carbocycles. The van der Waals surface area contributed by atoms with Crippen molar-refractivity contribution in [1.82, 2.24) is 15.1 Å². The van der Waals surface area contributed by atoms with Crippen molar-refractivity contribution in [1.29, 1.82) is 0 Å². The Bertz CT molecular complexity index is 741. The molecule has 2 heterocycles. The van der Waals surface area contributed by atoms with Gasteiger partial charge in [-0.2, -0.15) is 0 Å². The number of likely N-dealkylation sites (tertiary alicyclic amines) is 1. The smallest absolute Gasteiger partial charge is 0.260 e. The molecule has 25 heavy (non-hydrogen) atoms. The van der Waals surface area contributed by atoms with E-state index in [9.17, 15) is 9.59 Å². The van der Waals surface area contributed by atoms with Crippen molar-refractivity contribution in [3.05, 3.63) is 34.2 Å². The lowest BCUT2D eigenvalue weighted by Gasteiger charge is -2.31. The van der Waals surface area contributed by atoms with Crippen molar-refractivity contribution in [2.24, 2.45) is 5.92 Å². The zero-order valence-corrected chi connectivity index (χ0v) is 15.8. The fourth-order valence-electron chi connectivity index (χ4n) is 2.65. The van der Waals surface area contributed by atoms with Crippen LogP contribution in [-0.4, -0.2) is 46.6 Å². The van der Waals surface area contributed by atoms with E-state index in [-0.39, 0.29) is 24.3 Å². The van der Waals surface area contributed by atoms with E-state index in [1.54, 1.807) is 16.5 Å². The van der Waals surface area contributed by atoms with E-state index in [0.29, 0.717) is 24.0 Å². The van der Waals surface area contributed by atoms with E-state index in [2.05, 4.69) is 31.4 Å². The third-order valence-corrected chi connectivity index (χ3v) is 4.99. The van der Waals surface area contributed by atoms with Gasteiger partial charge in [0.2, 0.25) is 11.0 Å². The molecule has 7 nitrogen and oxygen atoms in total. The molecule has 9 heteroatoms. The normalized spacial score (nSPS) is 17.2. The molecule has 0 bridgehead atoms. The van der Waals surface area contributed by atoms with E-state index in [0.717, 1.165) is 17.3 Å². The van der Waals surface area contributed by atoms with Gasteiger partial charge in [-0.05, 0) is 31.0 Å². The number of rotatable bonds is 5. The summed E-state index contributed by atoms with van der Waals surface area (Å²) in [6.45, 7) is 0.996. The minimum absolute atomic E-state index is 0.0405. The molecule has 1 N–H and O–H groups in total. The number of hydrogen-bond donors (Lipinski definition) is 1. The summed E-state index contributed by atoms with van der Waals surface area (Å²) < 4.78 is 6.44. The van der Waals surface area contributed by atoms with Gasteiger partial charge in [0.05, 0.1) is 5.92 Å². The van der Waals surface area contributed by atoms with Gasteiger partial charge in [0.15, 0.2) is 6.61 Å². The Morgan fingerprint density at radius 1 is 1.44 bits per heavy atom. The summed E-state index contributed by atoms with van der Waals surface area (Å²) in [7, 11) is 0. The number of benzene rings is 1. The zero-order chi connectivity index (χ0) is 17.6. The second kappa shape index (κ2) is 8.39. The Morgan fingerprint density at radius 3 is 3.08 bits per heavy atom. The van der Waals surface area contributed by atoms with Gasteiger partial charge in [-0.25, -0.2) is 0 Å². The van der Waals surface area contributed by atoms with E-state index < -0.39 is 0 Å². The fraction of sp³-hybridized carbons (Fsp3) is 0.375. The highest BCUT2D eigenvalue weighted by Crippen LogP contribution is 2.21. The molecule has 3 rings (SSSR count). The molecule has 1 aromatic heterocycles. The number of nitrogens with one attached hydrogen (secondary N) is 1. The van der Waals surface area contributed by atoms with Crippen molar-refractivity contribution in [2.75, 3.05) is 25.0 Å². The molecule has 0 saturated carbocycles. The lowest BCUT2D eigenvalue weighted by molar-refractivity contribution is -0.136. The Labute approximate surface area is 157 Å². The first-order chi connectivity index (χ1) is 12.1. The second-order valence-electron chi connectivity index (χ2n) is 5.66. The van der Waals surface area contributed by atoms with Crippen molar-refractivity contribution in [3.8, 4) is 5.75 Å². The number of piperidine rings is 1. The molecule has 2 aromatic rings. The van der Waals surface area contributed by atoms with E-state index >= 15 is 0 Å². The van der Waals surface area contributed by atoms with Gasteiger partial charge in [0.1, 0.15) is 11.3 Å². The maximum atomic E-state index is 12.4. The number of amides is 2. The van der Waals surface area contributed by atoms with Crippen LogP contribution in [0.15, 0.2) is 34.2 Å². The largest absolute Gasteiger partial charge is 0.484 e. The fourth-order valence-corrected chi connectivity index (χ4v) is 3.47. The Balaban J connectivity index is 1.51. The average Bonchev–Trinajstić information content (AvgIpc) is 3.13. The molecule has 1 atom stereocenters. The highest BCUT2D eigenvalue weighted by molar-refractivity contribution is 9.10. The van der Waals surface area contributed by atoms with Gasteiger partial charge in [-0.1, -0.05) is 33.3 Å². The van der Waals surface area contributed by atoms with Crippen LogP contribution < -0.4 is 10.1 Å². The number of aromatic nitrogens is 2. The van der Waals surface area contributed by atoms with Gasteiger partial charge < -0.3 is 15.0 Å². The van der Waals surface area contributed by atoms with E-state index in [1.165, 1.54) is 11.3 Å². The lowest BCUT2D eigenvalue weighted by Crippen LogP contribution is -2.45. The predicted octanol–water partition coefficient (Wildman–Crippen LogP) is 2.56. The van der Waals surface area contributed by atoms with Gasteiger partial charge in [0.25, 0.3) is 5.91 Å². The summed E-state index contributed by atoms with van der Waals surface area (Å²) >= 11 is 4.64. The minimum Gasteiger partial charge on any atom is -0.484 e. The van der Waals surface area contributed by atoms with Gasteiger partial charge in [-0.15, -0.1) is 10.2 Å². The number of nitrogens with zero attached hydrogens (tertiary/aromatic N) is 3. The van der Waals surface area contributed by atoms with Crippen LogP contribution in [-0.2, 0) is 9.59 Å². The Kier molecular flexibility index (Phi) is 5.98. The third-order valence-electron chi connectivity index (χ3n) is 3.89. The first-order valence-electron chi connectivity index (χ1n) is 7.85. The molecule has 1 aromatic carbocycles. The first kappa shape index (κ1) is 17.8. The molecule has 1 fully saturated rings. The monoisotopic (exact) mass is 424 g/mol. The highest BCUT2D eigenvalue weighted by atomic mass is 79.9. The van der Waals surface area contributed by atoms with Crippen molar-refractivity contribution in [3.63, 3.8) is 0 Å². The summed E-state index contributed by atoms with van der Waals surface area (Å²) in [4.78, 5) is 26.4. The standard InChI is InChI=1S/C16H17BrN4O3S/c17-12-4-1-5-13(7-12)24-9-14(22)21-6-2-3-11(8-21)15(23)19-16-20-18-10-25-16/h1,4-5,7,10-11H,2-3,6,8-9H2,(H,19,20,23)/t11-/m1/s1. The molecule has 132 valence electrons. The van der Waals surface area contributed by atoms with Crippen molar-refractivity contribution < 1.29 is 14.3 Å². The summed E-state index contributed by atoms with van der Waals surface area (Å²) in [5.41, 5.74) is 1.56. The molecule has 0 spiro atoms. The summed E-state index contributed by atoms with van der Waals surface area (Å²) in [5, 5.41) is 10.7. The Hall–Kier alpha value is -2.00. The van der Waals surface area contributed by atoms with Gasteiger partial charge >= 0.3 is 0 Å². The van der Waals surface area contributed by atoms with Crippen LogP contribution in [0.1, 0.15) is 12.8 Å². The maximum absolute atomic E-state index is 12.4. The number of carbonyl (C=O) groups is 2. The summed E-state index contributed by atoms with van der Waals surface area (Å²) in [6.07, 6.45) is 1.54. The van der Waals surface area contributed by atoms with Crippen LogP contribution in [0.2, 0.25) is 0 Å². The van der Waals surface area contributed by atoms with Gasteiger partial charge in [-0.3, -0.25) is 9.59 Å². The minimum atomic E-state index is -0.243. The highest BCUT2D eigenvalue weighted by Gasteiger charge is 2.29. The topological polar surface area (TPSA) is 84.4 Å². The van der Waals surface area contributed by atoms with Crippen LogP contribution in [0.25, 0.3) is 0 Å². The maximum Gasteiger partial charge on any atom is 0.260 e. The molecular weight excluding hydrogens is 408 g/mol. The summed E-state index contributed by atoms with van der Waals surface area (Å²) in [6, 6.07) is 7.34. The molecule has 1 aliphatic rings. The van der Waals surface area contributed by atoms with Crippen LogP contribution in [0.3, 0.4) is 0 Å². The van der Waals surface area contributed by atoms with Crippen molar-refractivity contribution in [2.45, 2.75) is 12.8 Å². The quantitative estimate of drug-likeness (QED) is 0.796. The predicted molar refractivity (Wildman–Crippen MR) is 97.5 cm³/mol. The van der Waals surface area contributed by atoms with Gasteiger partial charge in [0, 0.05) is 17.6 Å². The average molecular weight is 425 g/mol. The number of carbonyl (C=O) groups excluding carboxylic acids is 2. The summed E-state index contributed by atoms with van der Waals surface area (Å²) in [5.74, 6) is 0.147. The van der Waals surface area contributed by atoms with E-state index in [1.807, 2.05) is 18.2 Å². The van der Waals surface area contributed by atoms with Crippen molar-refractivity contribution >= 4 is 44.2 Å². The number of anilines is 1.